The Morgan fingerprint density at radius 3 is 2.67 bits per heavy atom. The van der Waals surface area contributed by atoms with Gasteiger partial charge in [-0.25, -0.2) is 13.6 Å². The summed E-state index contributed by atoms with van der Waals surface area (Å²) in [6, 6.07) is 4.91. The van der Waals surface area contributed by atoms with Crippen LogP contribution < -0.4 is 5.32 Å². The predicted octanol–water partition coefficient (Wildman–Crippen LogP) is 1.94. The summed E-state index contributed by atoms with van der Waals surface area (Å²) in [6.45, 7) is 0.766. The summed E-state index contributed by atoms with van der Waals surface area (Å²) in [7, 11) is 0. The van der Waals surface area contributed by atoms with Crippen molar-refractivity contribution in [2.45, 2.75) is 12.5 Å². The molecule has 1 aliphatic rings. The number of nitrogens with zero attached hydrogens (tertiary/aromatic N) is 1. The highest BCUT2D eigenvalue weighted by molar-refractivity contribution is 6.11. The van der Waals surface area contributed by atoms with Crippen molar-refractivity contribution in [1.29, 1.82) is 0 Å². The van der Waals surface area contributed by atoms with E-state index in [1.165, 1.54) is 19.2 Å². The van der Waals surface area contributed by atoms with Crippen LogP contribution in [0.4, 0.5) is 13.6 Å². The van der Waals surface area contributed by atoms with Crippen LogP contribution in [-0.4, -0.2) is 34.2 Å². The van der Waals surface area contributed by atoms with Gasteiger partial charge in [-0.15, -0.1) is 0 Å². The molecule has 0 saturated carbocycles. The van der Waals surface area contributed by atoms with E-state index in [1.54, 1.807) is 6.07 Å². The number of ketones is 1. The average Bonchev–Trinajstić information content (AvgIpc) is 3.14. The number of aromatic nitrogens is 1. The number of nitrogens with one attached hydrogen (secondary N) is 2. The van der Waals surface area contributed by atoms with Gasteiger partial charge in [0.05, 0.1) is 12.2 Å². The number of hydrogen-bond donors (Lipinski definition) is 2. The summed E-state index contributed by atoms with van der Waals surface area (Å²) in [5, 5.41) is 2.33. The fourth-order valence-electron chi connectivity index (χ4n) is 2.64. The van der Waals surface area contributed by atoms with Crippen LogP contribution in [0.5, 0.6) is 0 Å². The van der Waals surface area contributed by atoms with Gasteiger partial charge in [0.15, 0.2) is 5.78 Å². The molecule has 124 valence electrons. The fraction of sp³-hybridized carbons (Fsp3) is 0.188. The molecule has 0 bridgehead atoms. The molecule has 1 atom stereocenters. The Morgan fingerprint density at radius 1 is 1.25 bits per heavy atom. The molecule has 0 radical (unpaired) electrons. The van der Waals surface area contributed by atoms with Crippen LogP contribution in [0.2, 0.25) is 0 Å². The molecule has 24 heavy (non-hydrogen) atoms. The van der Waals surface area contributed by atoms with Crippen LogP contribution in [0.25, 0.3) is 0 Å². The van der Waals surface area contributed by atoms with Crippen molar-refractivity contribution >= 4 is 17.7 Å². The number of halogens is 2. The molecule has 2 heterocycles. The number of aromatic amines is 1. The summed E-state index contributed by atoms with van der Waals surface area (Å²) in [5.41, 5.74) is -1.84. The number of rotatable bonds is 4. The Kier molecular flexibility index (Phi) is 3.67. The fourth-order valence-corrected chi connectivity index (χ4v) is 2.64. The van der Waals surface area contributed by atoms with E-state index >= 15 is 0 Å². The number of Topliss-reactive ketones (excluding diaryl/α,β-unsaturated/α-hetero) is 1. The van der Waals surface area contributed by atoms with Gasteiger partial charge in [-0.05, 0) is 37.3 Å². The Morgan fingerprint density at radius 2 is 2.00 bits per heavy atom. The summed E-state index contributed by atoms with van der Waals surface area (Å²) >= 11 is 0. The molecule has 3 rings (SSSR count). The van der Waals surface area contributed by atoms with E-state index in [0.29, 0.717) is 4.90 Å². The Bertz CT molecular complexity index is 835. The molecule has 1 aromatic heterocycles. The lowest BCUT2D eigenvalue weighted by Crippen LogP contribution is -2.42. The first-order valence-corrected chi connectivity index (χ1v) is 7.09. The van der Waals surface area contributed by atoms with E-state index < -0.39 is 41.4 Å². The van der Waals surface area contributed by atoms with Crippen LogP contribution in [0, 0.1) is 11.6 Å². The Hall–Kier alpha value is -3.03. The molecule has 6 nitrogen and oxygen atoms in total. The van der Waals surface area contributed by atoms with E-state index in [1.807, 2.05) is 0 Å². The minimum atomic E-state index is -1.78. The monoisotopic (exact) mass is 333 g/mol. The summed E-state index contributed by atoms with van der Waals surface area (Å²) in [4.78, 5) is 40.1. The highest BCUT2D eigenvalue weighted by atomic mass is 19.1. The van der Waals surface area contributed by atoms with Crippen LogP contribution in [-0.2, 0) is 10.3 Å². The molecule has 8 heteroatoms. The maximum Gasteiger partial charge on any atom is 0.325 e. The molecule has 2 N–H and O–H groups in total. The summed E-state index contributed by atoms with van der Waals surface area (Å²) in [6.07, 6.45) is 1.53. The molecular weight excluding hydrogens is 320 g/mol. The largest absolute Gasteiger partial charge is 0.359 e. The number of amides is 3. The molecule has 1 aliphatic heterocycles. The number of imide groups is 1. The maximum atomic E-state index is 14.0. The van der Waals surface area contributed by atoms with Crippen molar-refractivity contribution in [2.75, 3.05) is 6.54 Å². The first-order chi connectivity index (χ1) is 11.3. The van der Waals surface area contributed by atoms with E-state index in [4.69, 9.17) is 0 Å². The lowest BCUT2D eigenvalue weighted by Gasteiger charge is -2.22. The van der Waals surface area contributed by atoms with Crippen molar-refractivity contribution < 1.29 is 23.2 Å². The van der Waals surface area contributed by atoms with Gasteiger partial charge in [0.2, 0.25) is 0 Å². The van der Waals surface area contributed by atoms with Crippen LogP contribution in [0.1, 0.15) is 23.0 Å². The van der Waals surface area contributed by atoms with Gasteiger partial charge in [0.1, 0.15) is 17.2 Å². The van der Waals surface area contributed by atoms with Crippen molar-refractivity contribution in [3.05, 3.63) is 59.4 Å². The number of carbonyl (C=O) groups is 3. The number of hydrogen-bond acceptors (Lipinski definition) is 3. The normalized spacial score (nSPS) is 20.4. The van der Waals surface area contributed by atoms with E-state index in [9.17, 15) is 23.2 Å². The second-order valence-corrected chi connectivity index (χ2v) is 5.58. The van der Waals surface area contributed by atoms with E-state index in [0.717, 1.165) is 18.2 Å². The van der Waals surface area contributed by atoms with Crippen LogP contribution >= 0.6 is 0 Å². The van der Waals surface area contributed by atoms with Gasteiger partial charge in [-0.1, -0.05) is 0 Å². The first-order valence-electron chi connectivity index (χ1n) is 7.09. The van der Waals surface area contributed by atoms with Gasteiger partial charge < -0.3 is 10.3 Å². The zero-order chi connectivity index (χ0) is 17.5. The molecule has 1 aromatic carbocycles. The number of carbonyl (C=O) groups excluding carboxylic acids is 3. The summed E-state index contributed by atoms with van der Waals surface area (Å²) in [5.74, 6) is -2.87. The minimum Gasteiger partial charge on any atom is -0.359 e. The quantitative estimate of drug-likeness (QED) is 0.663. The Labute approximate surface area is 135 Å². The molecule has 3 amide bonds. The third-order valence-corrected chi connectivity index (χ3v) is 3.94. The van der Waals surface area contributed by atoms with Gasteiger partial charge >= 0.3 is 6.03 Å². The van der Waals surface area contributed by atoms with E-state index in [-0.39, 0.29) is 11.3 Å². The van der Waals surface area contributed by atoms with Gasteiger partial charge in [-0.3, -0.25) is 14.5 Å². The second-order valence-electron chi connectivity index (χ2n) is 5.58. The number of urea groups is 1. The third kappa shape index (κ3) is 2.45. The standard InChI is InChI=1S/C16H13F2N3O3/c1-16(10-7-9(17)4-5-11(10)18)14(23)21(15(24)20-16)8-13(22)12-3-2-6-19-12/h2-7,19H,8H2,1H3,(H,20,24)/t16-/m0/s1. The van der Waals surface area contributed by atoms with Crippen molar-refractivity contribution in [2.24, 2.45) is 0 Å². The Balaban J connectivity index is 1.91. The topological polar surface area (TPSA) is 82.3 Å². The SMILES string of the molecule is C[C@@]1(c2cc(F)ccc2F)NC(=O)N(CC(=O)c2ccc[nH]2)C1=O. The molecule has 2 aromatic rings. The highest BCUT2D eigenvalue weighted by Gasteiger charge is 2.50. The zero-order valence-electron chi connectivity index (χ0n) is 12.6. The second kappa shape index (κ2) is 5.55. The number of H-pyrrole nitrogens is 1. The molecule has 1 fully saturated rings. The van der Waals surface area contributed by atoms with Crippen molar-refractivity contribution in [3.63, 3.8) is 0 Å². The lowest BCUT2D eigenvalue weighted by molar-refractivity contribution is -0.130. The molecule has 1 saturated heterocycles. The zero-order valence-corrected chi connectivity index (χ0v) is 12.6. The van der Waals surface area contributed by atoms with Gasteiger partial charge in [-0.2, -0.15) is 0 Å². The first kappa shape index (κ1) is 15.9. The van der Waals surface area contributed by atoms with Crippen molar-refractivity contribution in [1.82, 2.24) is 15.2 Å². The number of benzene rings is 1. The molecule has 0 aliphatic carbocycles. The molecular formula is C16H13F2N3O3. The molecule has 0 unspecified atom stereocenters. The van der Waals surface area contributed by atoms with Crippen LogP contribution in [0.3, 0.4) is 0 Å². The van der Waals surface area contributed by atoms with Gasteiger partial charge in [0.25, 0.3) is 5.91 Å². The average molecular weight is 333 g/mol. The minimum absolute atomic E-state index is 0.237. The van der Waals surface area contributed by atoms with Gasteiger partial charge in [0, 0.05) is 11.8 Å². The van der Waals surface area contributed by atoms with Crippen LogP contribution in [0.15, 0.2) is 36.5 Å². The maximum absolute atomic E-state index is 14.0. The summed E-state index contributed by atoms with van der Waals surface area (Å²) < 4.78 is 27.4. The highest BCUT2D eigenvalue weighted by Crippen LogP contribution is 2.31. The smallest absolute Gasteiger partial charge is 0.325 e. The predicted molar refractivity (Wildman–Crippen MR) is 79.1 cm³/mol. The lowest BCUT2D eigenvalue weighted by atomic mass is 9.91. The molecule has 0 spiro atoms. The third-order valence-electron chi connectivity index (χ3n) is 3.94. The van der Waals surface area contributed by atoms with Crippen molar-refractivity contribution in [3.8, 4) is 0 Å². The van der Waals surface area contributed by atoms with E-state index in [2.05, 4.69) is 10.3 Å².